The molecule has 192 valence electrons. The summed E-state index contributed by atoms with van der Waals surface area (Å²) in [6.07, 6.45) is 10.3. The van der Waals surface area contributed by atoms with E-state index in [0.29, 0.717) is 48.8 Å². The molecule has 2 rings (SSSR count). The van der Waals surface area contributed by atoms with Gasteiger partial charge >= 0.3 is 10.4 Å². The Morgan fingerprint density at radius 1 is 0.657 bits per heavy atom. The molecule has 0 aliphatic heterocycles. The summed E-state index contributed by atoms with van der Waals surface area (Å²) in [7, 11) is -1.17. The van der Waals surface area contributed by atoms with Gasteiger partial charge in [0, 0.05) is 27.2 Å². The van der Waals surface area contributed by atoms with E-state index in [1.54, 1.807) is 14.1 Å². The van der Waals surface area contributed by atoms with Crippen LogP contribution in [0, 0.1) is 24.7 Å². The normalized spacial score (nSPS) is 9.49. The zero-order valence-corrected chi connectivity index (χ0v) is 20.6. The summed E-state index contributed by atoms with van der Waals surface area (Å²) in [5.74, 6) is 7.88. The van der Waals surface area contributed by atoms with Crippen LogP contribution in [-0.2, 0) is 10.4 Å². The highest BCUT2D eigenvalue weighted by Crippen LogP contribution is 2.08. The Morgan fingerprint density at radius 3 is 1.14 bits per heavy atom. The quantitative estimate of drug-likeness (QED) is 0.157. The van der Waals surface area contributed by atoms with Crippen LogP contribution in [0.2, 0.25) is 0 Å². The maximum Gasteiger partial charge on any atom is 0.394 e. The summed E-state index contributed by atoms with van der Waals surface area (Å²) >= 11 is 0. The van der Waals surface area contributed by atoms with Crippen molar-refractivity contribution in [1.82, 2.24) is 29.9 Å². The minimum atomic E-state index is -4.67. The number of aromatic nitrogens is 6. The van der Waals surface area contributed by atoms with Crippen LogP contribution in [0.1, 0.15) is 13.8 Å². The maximum atomic E-state index is 8.74. The van der Waals surface area contributed by atoms with Crippen LogP contribution in [0.5, 0.6) is 0 Å². The minimum absolute atomic E-state index is 0.388. The third-order valence-electron chi connectivity index (χ3n) is 3.08. The molecular weight excluding hydrogens is 480 g/mol. The van der Waals surface area contributed by atoms with E-state index in [1.807, 2.05) is 13.8 Å². The lowest BCUT2D eigenvalue weighted by molar-refractivity contribution is 0.381. The van der Waals surface area contributed by atoms with Gasteiger partial charge in [-0.3, -0.25) is 9.11 Å². The lowest BCUT2D eigenvalue weighted by Gasteiger charge is -2.07. The van der Waals surface area contributed by atoms with Crippen molar-refractivity contribution < 1.29 is 17.5 Å². The molecule has 0 aliphatic carbocycles. The fraction of sp³-hybridized carbons (Fsp3) is 0.444. The molecule has 2 heterocycles. The Labute approximate surface area is 204 Å². The molecule has 0 aromatic carbocycles. The van der Waals surface area contributed by atoms with Crippen LogP contribution < -0.4 is 31.9 Å². The largest absolute Gasteiger partial charge is 0.394 e. The summed E-state index contributed by atoms with van der Waals surface area (Å²) < 4.78 is 31.6. The molecule has 0 radical (unpaired) electrons. The molecule has 2 aromatic heterocycles. The Morgan fingerprint density at radius 2 is 0.914 bits per heavy atom. The average molecular weight is 511 g/mol. The average Bonchev–Trinajstić information content (AvgIpc) is 2.81. The maximum absolute atomic E-state index is 8.74. The second kappa shape index (κ2) is 17.3. The first kappa shape index (κ1) is 30.8. The van der Waals surface area contributed by atoms with E-state index in [9.17, 15) is 0 Å². The molecule has 0 aliphatic rings. The van der Waals surface area contributed by atoms with E-state index >= 15 is 0 Å². The number of anilines is 6. The third kappa shape index (κ3) is 16.1. The molecule has 0 saturated carbocycles. The van der Waals surface area contributed by atoms with Crippen molar-refractivity contribution in [2.45, 2.75) is 13.8 Å². The minimum Gasteiger partial charge on any atom is -0.357 e. The molecular formula is C18H30N12O4S. The van der Waals surface area contributed by atoms with Gasteiger partial charge in [-0.1, -0.05) is 11.8 Å². The van der Waals surface area contributed by atoms with Gasteiger partial charge in [0.2, 0.25) is 35.7 Å². The standard InChI is InChI=1S/2C9H14N6.H2O4S/c2*1-4-6-12-9-14-7(10-3)13-8(15-9)11-5-2;1-5(2,3)4/h2*1H,5-6H2,2-3H3,(H3,10,11,12,13,14,15);(H2,1,2,3,4). The van der Waals surface area contributed by atoms with Gasteiger partial charge in [0.05, 0.1) is 13.1 Å². The van der Waals surface area contributed by atoms with Crippen molar-refractivity contribution in [3.63, 3.8) is 0 Å². The second-order valence-corrected chi connectivity index (χ2v) is 6.63. The lowest BCUT2D eigenvalue weighted by atomic mass is 10.6. The topological polar surface area (TPSA) is 224 Å². The van der Waals surface area contributed by atoms with E-state index in [1.165, 1.54) is 0 Å². The first-order chi connectivity index (χ1) is 16.6. The predicted octanol–water partition coefficient (Wildman–Crippen LogP) is 0.128. The van der Waals surface area contributed by atoms with Crippen LogP contribution in [0.3, 0.4) is 0 Å². The monoisotopic (exact) mass is 510 g/mol. The number of nitrogens with zero attached hydrogens (tertiary/aromatic N) is 6. The molecule has 8 N–H and O–H groups in total. The number of rotatable bonds is 10. The summed E-state index contributed by atoms with van der Waals surface area (Å²) in [5, 5.41) is 17.5. The number of hydrogen-bond acceptors (Lipinski definition) is 14. The first-order valence-corrected chi connectivity index (χ1v) is 11.4. The fourth-order valence-corrected chi connectivity index (χ4v) is 1.87. The number of nitrogens with one attached hydrogen (secondary N) is 6. The van der Waals surface area contributed by atoms with Gasteiger partial charge in [0.1, 0.15) is 0 Å². The van der Waals surface area contributed by atoms with Crippen molar-refractivity contribution in [2.24, 2.45) is 0 Å². The van der Waals surface area contributed by atoms with Gasteiger partial charge in [-0.15, -0.1) is 12.8 Å². The van der Waals surface area contributed by atoms with Crippen molar-refractivity contribution in [1.29, 1.82) is 0 Å². The van der Waals surface area contributed by atoms with Gasteiger partial charge in [0.25, 0.3) is 0 Å². The van der Waals surface area contributed by atoms with Crippen LogP contribution in [-0.4, -0.2) is 87.7 Å². The Balaban J connectivity index is 0.000000555. The molecule has 0 spiro atoms. The summed E-state index contributed by atoms with van der Waals surface area (Å²) in [6, 6.07) is 0. The summed E-state index contributed by atoms with van der Waals surface area (Å²) in [4.78, 5) is 24.7. The van der Waals surface area contributed by atoms with Gasteiger partial charge in [-0.25, -0.2) is 0 Å². The van der Waals surface area contributed by atoms with E-state index < -0.39 is 10.4 Å². The lowest BCUT2D eigenvalue weighted by Crippen LogP contribution is -2.11. The van der Waals surface area contributed by atoms with Crippen LogP contribution in [0.4, 0.5) is 35.7 Å². The highest BCUT2D eigenvalue weighted by atomic mass is 32.3. The predicted molar refractivity (Wildman–Crippen MR) is 136 cm³/mol. The van der Waals surface area contributed by atoms with E-state index in [4.69, 9.17) is 30.4 Å². The molecule has 17 heteroatoms. The van der Waals surface area contributed by atoms with Crippen molar-refractivity contribution in [3.05, 3.63) is 0 Å². The Bertz CT molecular complexity index is 1010. The van der Waals surface area contributed by atoms with Crippen molar-refractivity contribution >= 4 is 46.1 Å². The molecule has 0 bridgehead atoms. The van der Waals surface area contributed by atoms with Gasteiger partial charge in [-0.2, -0.15) is 38.3 Å². The molecule has 0 saturated heterocycles. The van der Waals surface area contributed by atoms with Crippen LogP contribution >= 0.6 is 0 Å². The smallest absolute Gasteiger partial charge is 0.357 e. The zero-order valence-electron chi connectivity index (χ0n) is 19.8. The van der Waals surface area contributed by atoms with Crippen LogP contribution in [0.25, 0.3) is 0 Å². The Hall–Kier alpha value is -4.19. The summed E-state index contributed by atoms with van der Waals surface area (Å²) in [5.41, 5.74) is 0. The van der Waals surface area contributed by atoms with Crippen molar-refractivity contribution in [3.8, 4) is 24.7 Å². The fourth-order valence-electron chi connectivity index (χ4n) is 1.87. The molecule has 35 heavy (non-hydrogen) atoms. The van der Waals surface area contributed by atoms with Crippen LogP contribution in [0.15, 0.2) is 0 Å². The van der Waals surface area contributed by atoms with Gasteiger partial charge < -0.3 is 31.9 Å². The molecule has 0 atom stereocenters. The zero-order chi connectivity index (χ0) is 26.7. The molecule has 0 unspecified atom stereocenters. The van der Waals surface area contributed by atoms with E-state index in [-0.39, 0.29) is 0 Å². The third-order valence-corrected chi connectivity index (χ3v) is 3.08. The highest BCUT2D eigenvalue weighted by molar-refractivity contribution is 7.79. The SMILES string of the molecule is C#CCNc1nc(NC)nc(NCC)n1.C#CCNc1nc(NC)nc(NCC)n1.O=S(=O)(O)O. The van der Waals surface area contributed by atoms with Crippen molar-refractivity contribution in [2.75, 3.05) is 72.2 Å². The van der Waals surface area contributed by atoms with E-state index in [2.05, 4.69) is 73.6 Å². The molecule has 16 nitrogen and oxygen atoms in total. The first-order valence-electron chi connectivity index (χ1n) is 9.99. The number of terminal acetylenes is 2. The second-order valence-electron chi connectivity index (χ2n) is 5.74. The van der Waals surface area contributed by atoms with Gasteiger partial charge in [-0.05, 0) is 13.8 Å². The van der Waals surface area contributed by atoms with E-state index in [0.717, 1.165) is 13.1 Å². The Kier molecular flexibility index (Phi) is 15.2. The summed E-state index contributed by atoms with van der Waals surface area (Å²) in [6.45, 7) is 6.22. The highest BCUT2D eigenvalue weighted by Gasteiger charge is 2.04. The molecule has 0 fully saturated rings. The number of hydrogen-bond donors (Lipinski definition) is 8. The molecule has 0 amide bonds. The van der Waals surface area contributed by atoms with Gasteiger partial charge in [0.15, 0.2) is 0 Å². The molecule has 2 aromatic rings.